The molecule has 0 amide bonds. The van der Waals surface area contributed by atoms with Crippen molar-refractivity contribution in [2.75, 3.05) is 0 Å². The fourth-order valence-corrected chi connectivity index (χ4v) is 3.76. The molecule has 1 unspecified atom stereocenters. The number of rotatable bonds is 4. The van der Waals surface area contributed by atoms with Crippen LogP contribution in [-0.2, 0) is 6.42 Å². The van der Waals surface area contributed by atoms with Crippen molar-refractivity contribution in [1.29, 1.82) is 0 Å². The first-order valence-corrected chi connectivity index (χ1v) is 9.34. The molecule has 2 heterocycles. The number of hydrogen-bond acceptors (Lipinski definition) is 3. The zero-order chi connectivity index (χ0) is 19.7. The zero-order valence-electron chi connectivity index (χ0n) is 15.2. The van der Waals surface area contributed by atoms with Crippen LogP contribution in [0.2, 0.25) is 5.02 Å². The van der Waals surface area contributed by atoms with Crippen LogP contribution in [0.4, 0.5) is 4.39 Å². The van der Waals surface area contributed by atoms with Gasteiger partial charge in [-0.05, 0) is 36.2 Å². The SMILES string of the molecule is Cc1cc(CC(c2ccccc2Cl)c2ccc3cccnc3c2O)ncc1F. The summed E-state index contributed by atoms with van der Waals surface area (Å²) in [5.41, 5.74) is 3.39. The standard InChI is InChI=1S/C23H18ClFN2O/c1-14-11-16(27-13-21(14)25)12-19(17-6-2-3-7-20(17)24)18-9-8-15-5-4-10-26-22(15)23(18)28/h2-11,13,19,28H,12H2,1H3. The molecule has 0 aliphatic heterocycles. The van der Waals surface area contributed by atoms with E-state index in [1.807, 2.05) is 48.5 Å². The molecule has 0 spiro atoms. The summed E-state index contributed by atoms with van der Waals surface area (Å²) in [5, 5.41) is 12.4. The van der Waals surface area contributed by atoms with Crippen molar-refractivity contribution in [2.24, 2.45) is 0 Å². The van der Waals surface area contributed by atoms with Gasteiger partial charge in [0, 0.05) is 40.2 Å². The number of aromatic hydroxyl groups is 1. The third-order valence-electron chi connectivity index (χ3n) is 4.95. The van der Waals surface area contributed by atoms with Crippen LogP contribution in [0.25, 0.3) is 10.9 Å². The molecule has 0 saturated carbocycles. The molecule has 0 bridgehead atoms. The highest BCUT2D eigenvalue weighted by Gasteiger charge is 2.23. The zero-order valence-corrected chi connectivity index (χ0v) is 16.0. The highest BCUT2D eigenvalue weighted by molar-refractivity contribution is 6.31. The summed E-state index contributed by atoms with van der Waals surface area (Å²) in [6.07, 6.45) is 3.36. The first kappa shape index (κ1) is 18.4. The number of nitrogens with zero attached hydrogens (tertiary/aromatic N) is 2. The molecule has 4 rings (SSSR count). The van der Waals surface area contributed by atoms with Crippen LogP contribution in [-0.4, -0.2) is 15.1 Å². The molecule has 5 heteroatoms. The van der Waals surface area contributed by atoms with Crippen LogP contribution in [0.3, 0.4) is 0 Å². The quantitative estimate of drug-likeness (QED) is 0.476. The van der Waals surface area contributed by atoms with E-state index < -0.39 is 0 Å². The fraction of sp³-hybridized carbons (Fsp3) is 0.130. The van der Waals surface area contributed by atoms with E-state index in [4.69, 9.17) is 11.6 Å². The second kappa shape index (κ2) is 7.56. The van der Waals surface area contributed by atoms with E-state index in [0.717, 1.165) is 16.6 Å². The highest BCUT2D eigenvalue weighted by atomic mass is 35.5. The molecule has 140 valence electrons. The van der Waals surface area contributed by atoms with Gasteiger partial charge in [-0.1, -0.05) is 48.0 Å². The minimum absolute atomic E-state index is 0.127. The smallest absolute Gasteiger partial charge is 0.145 e. The first-order chi connectivity index (χ1) is 13.5. The molecule has 1 atom stereocenters. The largest absolute Gasteiger partial charge is 0.505 e. The number of fused-ring (bicyclic) bond motifs is 1. The Hall–Kier alpha value is -2.98. The van der Waals surface area contributed by atoms with Crippen molar-refractivity contribution < 1.29 is 9.50 Å². The van der Waals surface area contributed by atoms with Crippen LogP contribution < -0.4 is 0 Å². The van der Waals surface area contributed by atoms with E-state index in [1.54, 1.807) is 19.2 Å². The van der Waals surface area contributed by atoms with Gasteiger partial charge in [0.15, 0.2) is 0 Å². The second-order valence-electron chi connectivity index (χ2n) is 6.78. The Bertz CT molecular complexity index is 1160. The van der Waals surface area contributed by atoms with Gasteiger partial charge >= 0.3 is 0 Å². The van der Waals surface area contributed by atoms with E-state index in [2.05, 4.69) is 9.97 Å². The van der Waals surface area contributed by atoms with Gasteiger partial charge in [-0.2, -0.15) is 0 Å². The number of benzene rings is 2. The Balaban J connectivity index is 1.87. The van der Waals surface area contributed by atoms with Crippen molar-refractivity contribution in [3.8, 4) is 5.75 Å². The average molecular weight is 393 g/mol. The van der Waals surface area contributed by atoms with Gasteiger partial charge in [-0.15, -0.1) is 0 Å². The van der Waals surface area contributed by atoms with E-state index in [9.17, 15) is 9.50 Å². The number of phenols is 1. The minimum atomic E-state index is -0.337. The molecule has 2 aromatic carbocycles. The van der Waals surface area contributed by atoms with Crippen LogP contribution in [0, 0.1) is 12.7 Å². The van der Waals surface area contributed by atoms with Crippen molar-refractivity contribution in [2.45, 2.75) is 19.3 Å². The Labute approximate surface area is 167 Å². The Morgan fingerprint density at radius 2 is 1.86 bits per heavy atom. The maximum atomic E-state index is 13.7. The van der Waals surface area contributed by atoms with E-state index in [1.165, 1.54) is 6.20 Å². The normalized spacial score (nSPS) is 12.2. The Morgan fingerprint density at radius 3 is 2.64 bits per heavy atom. The lowest BCUT2D eigenvalue weighted by Gasteiger charge is -2.21. The van der Waals surface area contributed by atoms with Crippen molar-refractivity contribution >= 4 is 22.5 Å². The summed E-state index contributed by atoms with van der Waals surface area (Å²) in [5.74, 6) is -0.463. The monoisotopic (exact) mass is 392 g/mol. The van der Waals surface area contributed by atoms with Crippen molar-refractivity contribution in [1.82, 2.24) is 9.97 Å². The summed E-state index contributed by atoms with van der Waals surface area (Å²) in [6.45, 7) is 1.71. The van der Waals surface area contributed by atoms with Gasteiger partial charge < -0.3 is 5.11 Å². The van der Waals surface area contributed by atoms with Gasteiger partial charge in [0.1, 0.15) is 17.1 Å². The van der Waals surface area contributed by atoms with Crippen LogP contribution in [0.15, 0.2) is 67.0 Å². The van der Waals surface area contributed by atoms with Gasteiger partial charge in [0.25, 0.3) is 0 Å². The molecule has 2 aromatic heterocycles. The molecule has 4 aromatic rings. The van der Waals surface area contributed by atoms with Gasteiger partial charge in [0.2, 0.25) is 0 Å². The van der Waals surface area contributed by atoms with E-state index in [0.29, 0.717) is 28.1 Å². The molecule has 0 saturated heterocycles. The van der Waals surface area contributed by atoms with Crippen LogP contribution in [0.1, 0.15) is 28.3 Å². The van der Waals surface area contributed by atoms with Gasteiger partial charge in [0.05, 0.1) is 6.20 Å². The molecular formula is C23H18ClFN2O. The number of halogens is 2. The topological polar surface area (TPSA) is 46.0 Å². The summed E-state index contributed by atoms with van der Waals surface area (Å²) >= 11 is 6.48. The predicted molar refractivity (Wildman–Crippen MR) is 109 cm³/mol. The molecule has 3 nitrogen and oxygen atoms in total. The number of hydrogen-bond donors (Lipinski definition) is 1. The molecule has 0 aliphatic carbocycles. The summed E-state index contributed by atoms with van der Waals surface area (Å²) < 4.78 is 13.7. The molecule has 28 heavy (non-hydrogen) atoms. The third-order valence-corrected chi connectivity index (χ3v) is 5.30. The third kappa shape index (κ3) is 3.43. The number of pyridine rings is 2. The number of aromatic nitrogens is 2. The van der Waals surface area contributed by atoms with Crippen molar-refractivity contribution in [3.63, 3.8) is 0 Å². The van der Waals surface area contributed by atoms with Crippen LogP contribution in [0.5, 0.6) is 5.75 Å². The summed E-state index contributed by atoms with van der Waals surface area (Å²) in [6, 6.07) is 16.8. The molecule has 0 aliphatic rings. The maximum absolute atomic E-state index is 13.7. The van der Waals surface area contributed by atoms with Crippen molar-refractivity contribution in [3.05, 3.63) is 100 Å². The molecule has 0 fully saturated rings. The lowest BCUT2D eigenvalue weighted by Crippen LogP contribution is -2.08. The van der Waals surface area contributed by atoms with Gasteiger partial charge in [-0.3, -0.25) is 9.97 Å². The Kier molecular flexibility index (Phi) is 4.97. The highest BCUT2D eigenvalue weighted by Crippen LogP contribution is 2.39. The first-order valence-electron chi connectivity index (χ1n) is 8.96. The van der Waals surface area contributed by atoms with Crippen LogP contribution >= 0.6 is 11.6 Å². The number of aryl methyl sites for hydroxylation is 1. The number of phenolic OH excluding ortho intramolecular Hbond substituents is 1. The van der Waals surface area contributed by atoms with E-state index in [-0.39, 0.29) is 17.5 Å². The molecule has 1 N–H and O–H groups in total. The summed E-state index contributed by atoms with van der Waals surface area (Å²) in [4.78, 5) is 8.56. The lowest BCUT2D eigenvalue weighted by atomic mass is 9.86. The Morgan fingerprint density at radius 1 is 1.04 bits per heavy atom. The van der Waals surface area contributed by atoms with E-state index >= 15 is 0 Å². The summed E-state index contributed by atoms with van der Waals surface area (Å²) in [7, 11) is 0. The second-order valence-corrected chi connectivity index (χ2v) is 7.19. The molecule has 0 radical (unpaired) electrons. The maximum Gasteiger partial charge on any atom is 0.145 e. The fourth-order valence-electron chi connectivity index (χ4n) is 3.49. The minimum Gasteiger partial charge on any atom is -0.505 e. The van der Waals surface area contributed by atoms with Gasteiger partial charge in [-0.25, -0.2) is 4.39 Å². The molecular weight excluding hydrogens is 375 g/mol. The lowest BCUT2D eigenvalue weighted by molar-refractivity contribution is 0.469. The predicted octanol–water partition coefficient (Wildman–Crippen LogP) is 5.81. The average Bonchev–Trinajstić information content (AvgIpc) is 2.70.